The van der Waals surface area contributed by atoms with Crippen molar-refractivity contribution in [1.82, 2.24) is 9.03 Å². The highest BCUT2D eigenvalue weighted by Crippen LogP contribution is 2.35. The van der Waals surface area contributed by atoms with E-state index in [0.717, 1.165) is 54.5 Å². The van der Waals surface area contributed by atoms with Crippen LogP contribution in [0.5, 0.6) is 0 Å². The predicted octanol–water partition coefficient (Wildman–Crippen LogP) is 7.35. The molecule has 6 rings (SSSR count). The predicted molar refractivity (Wildman–Crippen MR) is 192 cm³/mol. The molecule has 2 saturated heterocycles. The van der Waals surface area contributed by atoms with E-state index in [2.05, 4.69) is 9.62 Å². The van der Waals surface area contributed by atoms with Crippen LogP contribution in [0.15, 0.2) is 57.6 Å². The van der Waals surface area contributed by atoms with Crippen LogP contribution in [0.25, 0.3) is 10.1 Å². The number of nitrogens with one attached hydrogen (secondary N) is 1. The molecule has 3 fully saturated rings. The van der Waals surface area contributed by atoms with Gasteiger partial charge < -0.3 is 10.0 Å². The van der Waals surface area contributed by atoms with Crippen LogP contribution in [0.4, 0.5) is 5.69 Å². The minimum Gasteiger partial charge on any atom is -0.481 e. The van der Waals surface area contributed by atoms with Gasteiger partial charge in [0.2, 0.25) is 10.0 Å². The molecule has 48 heavy (non-hydrogen) atoms. The number of benzene rings is 2. The standard InChI is InChI=1S/C35H46ClN3O6S3/c36-31-24-30(47(42,43)37-29-11-10-28(22-29)35(40)41)12-13-32(31)38-18-14-25(15-19-38)6-2-1-3-7-26-16-20-39(21-17-26)48(44,45)34-23-27-8-4-5-9-33(27)46-34/h4-5,8-9,12-13,23-26,28-29,37H,1-3,6-7,10-11,14-22H2,(H,40,41). The Morgan fingerprint density at radius 2 is 1.52 bits per heavy atom. The quantitative estimate of drug-likeness (QED) is 0.176. The van der Waals surface area contributed by atoms with Gasteiger partial charge in [-0.05, 0) is 92.5 Å². The topological polar surface area (TPSA) is 124 Å². The van der Waals surface area contributed by atoms with Crippen molar-refractivity contribution in [2.24, 2.45) is 17.8 Å². The lowest BCUT2D eigenvalue weighted by Gasteiger charge is -2.34. The van der Waals surface area contributed by atoms with Crippen molar-refractivity contribution >= 4 is 64.7 Å². The SMILES string of the molecule is O=C(O)C1CCC(NS(=O)(=O)c2ccc(N3CCC(CCCCCC4CCN(S(=O)(=O)c5cc6ccccc6s5)CC4)CC3)c(Cl)c2)C1. The molecule has 1 aliphatic carbocycles. The second-order valence-corrected chi connectivity index (χ2v) is 19.2. The van der Waals surface area contributed by atoms with Crippen molar-refractivity contribution in [2.75, 3.05) is 31.1 Å². The largest absolute Gasteiger partial charge is 0.481 e. The molecule has 0 radical (unpaired) electrons. The van der Waals surface area contributed by atoms with Crippen LogP contribution in [-0.2, 0) is 24.8 Å². The Labute approximate surface area is 293 Å². The molecule has 0 spiro atoms. The first kappa shape index (κ1) is 35.6. The van der Waals surface area contributed by atoms with Gasteiger partial charge in [-0.25, -0.2) is 21.6 Å². The summed E-state index contributed by atoms with van der Waals surface area (Å²) in [6, 6.07) is 14.1. The van der Waals surface area contributed by atoms with Gasteiger partial charge in [-0.15, -0.1) is 11.3 Å². The molecule has 262 valence electrons. The van der Waals surface area contributed by atoms with Crippen molar-refractivity contribution in [2.45, 2.75) is 92.2 Å². The van der Waals surface area contributed by atoms with E-state index >= 15 is 0 Å². The third-order valence-corrected chi connectivity index (χ3v) is 15.9. The Kier molecular flexibility index (Phi) is 11.4. The summed E-state index contributed by atoms with van der Waals surface area (Å²) in [5.74, 6) is -0.116. The normalized spacial score (nSPS) is 22.1. The monoisotopic (exact) mass is 735 g/mol. The fourth-order valence-corrected chi connectivity index (χ4v) is 12.4. The molecule has 3 aromatic rings. The Balaban J connectivity index is 0.876. The maximum Gasteiger partial charge on any atom is 0.306 e. The van der Waals surface area contributed by atoms with Crippen LogP contribution in [0.1, 0.15) is 77.0 Å². The summed E-state index contributed by atoms with van der Waals surface area (Å²) in [5, 5.41) is 10.6. The summed E-state index contributed by atoms with van der Waals surface area (Å²) in [5.41, 5.74) is 0.850. The average Bonchev–Trinajstić information content (AvgIpc) is 3.73. The molecule has 1 saturated carbocycles. The van der Waals surface area contributed by atoms with Gasteiger partial charge in [-0.2, -0.15) is 4.31 Å². The van der Waals surface area contributed by atoms with Crippen LogP contribution in [0.3, 0.4) is 0 Å². The Morgan fingerprint density at radius 3 is 2.15 bits per heavy atom. The minimum absolute atomic E-state index is 0.104. The first-order chi connectivity index (χ1) is 23.0. The summed E-state index contributed by atoms with van der Waals surface area (Å²) in [4.78, 5) is 13.6. The first-order valence-electron chi connectivity index (χ1n) is 17.3. The van der Waals surface area contributed by atoms with E-state index in [4.69, 9.17) is 11.6 Å². The van der Waals surface area contributed by atoms with Crippen molar-refractivity contribution < 1.29 is 26.7 Å². The van der Waals surface area contributed by atoms with Crippen molar-refractivity contribution in [3.8, 4) is 0 Å². The number of unbranched alkanes of at least 4 members (excludes halogenated alkanes) is 2. The summed E-state index contributed by atoms with van der Waals surface area (Å²) in [7, 11) is -7.22. The van der Waals surface area contributed by atoms with Crippen LogP contribution < -0.4 is 9.62 Å². The zero-order valence-electron chi connectivity index (χ0n) is 27.2. The lowest BCUT2D eigenvalue weighted by molar-refractivity contribution is -0.141. The van der Waals surface area contributed by atoms with Gasteiger partial charge in [0.05, 0.1) is 21.5 Å². The maximum atomic E-state index is 13.2. The molecule has 2 unspecified atom stereocenters. The van der Waals surface area contributed by atoms with E-state index in [-0.39, 0.29) is 10.9 Å². The van der Waals surface area contributed by atoms with Crippen molar-refractivity contribution in [1.29, 1.82) is 0 Å². The van der Waals surface area contributed by atoms with Crippen LogP contribution in [-0.4, -0.2) is 64.4 Å². The molecule has 2 atom stereocenters. The minimum atomic E-state index is -3.79. The fraction of sp³-hybridized carbons (Fsp3) is 0.571. The molecule has 0 amide bonds. The van der Waals surface area contributed by atoms with Crippen LogP contribution in [0, 0.1) is 17.8 Å². The number of carbonyl (C=O) groups is 1. The fourth-order valence-electron chi connectivity index (χ4n) is 7.67. The molecule has 1 aromatic heterocycles. The second kappa shape index (κ2) is 15.3. The second-order valence-electron chi connectivity index (χ2n) is 13.8. The number of nitrogens with zero attached hydrogens (tertiary/aromatic N) is 2. The number of carboxylic acid groups (broad SMARTS) is 1. The van der Waals surface area contributed by atoms with Crippen molar-refractivity contribution in [3.63, 3.8) is 0 Å². The number of sulfonamides is 2. The van der Waals surface area contributed by atoms with Gasteiger partial charge >= 0.3 is 5.97 Å². The molecule has 9 nitrogen and oxygen atoms in total. The molecule has 3 heterocycles. The van der Waals surface area contributed by atoms with Gasteiger partial charge in [0.25, 0.3) is 10.0 Å². The molecule has 2 N–H and O–H groups in total. The lowest BCUT2D eigenvalue weighted by atomic mass is 9.89. The third kappa shape index (κ3) is 8.38. The Bertz CT molecular complexity index is 1770. The number of halogens is 1. The van der Waals surface area contributed by atoms with Gasteiger partial charge in [-0.3, -0.25) is 4.79 Å². The summed E-state index contributed by atoms with van der Waals surface area (Å²) < 4.78 is 58.2. The highest BCUT2D eigenvalue weighted by atomic mass is 35.5. The van der Waals surface area contributed by atoms with Crippen molar-refractivity contribution in [3.05, 3.63) is 53.6 Å². The number of hydrogen-bond donors (Lipinski definition) is 2. The van der Waals surface area contributed by atoms with Crippen LogP contribution in [0.2, 0.25) is 5.02 Å². The van der Waals surface area contributed by atoms with E-state index in [9.17, 15) is 26.7 Å². The molecular weight excluding hydrogens is 690 g/mol. The summed E-state index contributed by atoms with van der Waals surface area (Å²) in [6.07, 6.45) is 11.3. The van der Waals surface area contributed by atoms with E-state index in [0.29, 0.717) is 53.4 Å². The van der Waals surface area contributed by atoms with E-state index in [1.54, 1.807) is 16.4 Å². The number of thiophene rings is 1. The van der Waals surface area contributed by atoms with Gasteiger partial charge in [-0.1, -0.05) is 61.9 Å². The lowest BCUT2D eigenvalue weighted by Crippen LogP contribution is -2.38. The molecule has 3 aliphatic rings. The third-order valence-electron chi connectivity index (χ3n) is 10.6. The number of aliphatic carboxylic acids is 1. The number of hydrogen-bond acceptors (Lipinski definition) is 7. The molecule has 2 aromatic carbocycles. The molecule has 2 aliphatic heterocycles. The molecular formula is C35H46ClN3O6S3. The van der Waals surface area contributed by atoms with Gasteiger partial charge in [0, 0.05) is 36.9 Å². The highest BCUT2D eigenvalue weighted by molar-refractivity contribution is 7.91. The summed E-state index contributed by atoms with van der Waals surface area (Å²) >= 11 is 7.96. The molecule has 0 bridgehead atoms. The zero-order valence-corrected chi connectivity index (χ0v) is 30.4. The molecule has 13 heteroatoms. The average molecular weight is 736 g/mol. The number of fused-ring (bicyclic) bond motifs is 1. The van der Waals surface area contributed by atoms with E-state index in [1.807, 2.05) is 30.3 Å². The highest BCUT2D eigenvalue weighted by Gasteiger charge is 2.33. The van der Waals surface area contributed by atoms with E-state index < -0.39 is 31.9 Å². The zero-order chi connectivity index (χ0) is 33.9. The number of anilines is 1. The summed E-state index contributed by atoms with van der Waals surface area (Å²) in [6.45, 7) is 2.98. The number of carboxylic acids is 1. The van der Waals surface area contributed by atoms with Gasteiger partial charge in [0.1, 0.15) is 4.21 Å². The Hall–Kier alpha value is -2.22. The first-order valence-corrected chi connectivity index (χ1v) is 21.4. The Morgan fingerprint density at radius 1 is 0.854 bits per heavy atom. The van der Waals surface area contributed by atoms with E-state index in [1.165, 1.54) is 49.5 Å². The van der Waals surface area contributed by atoms with Crippen LogP contribution >= 0.6 is 22.9 Å². The maximum absolute atomic E-state index is 13.2. The number of piperidine rings is 2. The van der Waals surface area contributed by atoms with Gasteiger partial charge in [0.15, 0.2) is 0 Å². The number of rotatable bonds is 13. The smallest absolute Gasteiger partial charge is 0.306 e.